The van der Waals surface area contributed by atoms with Crippen LogP contribution in [-0.4, -0.2) is 18.5 Å². The predicted molar refractivity (Wildman–Crippen MR) is 115 cm³/mol. The second-order valence-electron chi connectivity index (χ2n) is 5.35. The van der Waals surface area contributed by atoms with Gasteiger partial charge in [0.25, 0.3) is 0 Å². The molecule has 0 atom stereocenters. The van der Waals surface area contributed by atoms with Crippen LogP contribution in [0.4, 0.5) is 0 Å². The van der Waals surface area contributed by atoms with Gasteiger partial charge in [0.2, 0.25) is 0 Å². The fourth-order valence-corrected chi connectivity index (χ4v) is 1.89. The molecule has 0 saturated heterocycles. The third-order valence-corrected chi connectivity index (χ3v) is 3.16. The Labute approximate surface area is 162 Å². The topological polar surface area (TPSA) is 97.8 Å². The Bertz CT molecular complexity index is 615. The highest BCUT2D eigenvalue weighted by molar-refractivity contribution is 5.94. The van der Waals surface area contributed by atoms with Crippen molar-refractivity contribution in [2.24, 2.45) is 5.73 Å². The Morgan fingerprint density at radius 1 is 0.923 bits per heavy atom. The van der Waals surface area contributed by atoms with Crippen LogP contribution in [0.15, 0.2) is 60.7 Å². The van der Waals surface area contributed by atoms with E-state index in [0.717, 1.165) is 19.4 Å². The van der Waals surface area contributed by atoms with E-state index in [4.69, 9.17) is 16.6 Å². The molecule has 6 N–H and O–H groups in total. The van der Waals surface area contributed by atoms with Crippen molar-refractivity contribution in [2.75, 3.05) is 6.54 Å². The number of benzene rings is 2. The summed E-state index contributed by atoms with van der Waals surface area (Å²) in [6, 6.07) is 20.6. The number of unbranched alkanes of at least 4 members (excludes halogenated alkanes) is 1. The molecule has 6 heteroatoms. The Morgan fingerprint density at radius 3 is 1.77 bits per heavy atom. The van der Waals surface area contributed by atoms with Crippen LogP contribution in [0.5, 0.6) is 0 Å². The molecule has 0 bridgehead atoms. The Kier molecular flexibility index (Phi) is 13.0. The molecule has 0 radical (unpaired) electrons. The maximum atomic E-state index is 7.15. The molecular weight excluding hydrogens is 346 g/mol. The summed E-state index contributed by atoms with van der Waals surface area (Å²) in [4.78, 5) is 0. The lowest BCUT2D eigenvalue weighted by molar-refractivity contribution is 0.744. The summed E-state index contributed by atoms with van der Waals surface area (Å²) in [5.41, 5.74) is 7.45. The van der Waals surface area contributed by atoms with Crippen molar-refractivity contribution in [3.63, 3.8) is 0 Å². The lowest BCUT2D eigenvalue weighted by Crippen LogP contribution is -2.43. The van der Waals surface area contributed by atoms with Crippen LogP contribution in [0.25, 0.3) is 12.2 Å². The first kappa shape index (κ1) is 23.2. The van der Waals surface area contributed by atoms with Crippen molar-refractivity contribution in [2.45, 2.75) is 19.8 Å². The van der Waals surface area contributed by atoms with Crippen molar-refractivity contribution in [1.82, 2.24) is 10.6 Å². The van der Waals surface area contributed by atoms with E-state index in [1.165, 1.54) is 11.1 Å². The molecule has 2 rings (SSSR count). The molecule has 0 unspecified atom stereocenters. The zero-order valence-electron chi connectivity index (χ0n) is 15.0. The van der Waals surface area contributed by atoms with E-state index in [2.05, 4.69) is 54.0 Å². The van der Waals surface area contributed by atoms with E-state index >= 15 is 0 Å². The van der Waals surface area contributed by atoms with Crippen LogP contribution in [0, 0.1) is 10.8 Å². The first-order valence-electron chi connectivity index (χ1n) is 8.33. The van der Waals surface area contributed by atoms with Gasteiger partial charge >= 0.3 is 0 Å². The number of hydrogen-bond acceptors (Lipinski definition) is 2. The molecule has 0 amide bonds. The molecule has 26 heavy (non-hydrogen) atoms. The molecule has 0 spiro atoms. The minimum atomic E-state index is -0.209. The fourth-order valence-electron chi connectivity index (χ4n) is 1.89. The molecule has 5 nitrogen and oxygen atoms in total. The zero-order valence-corrected chi connectivity index (χ0v) is 15.9. The number of rotatable bonds is 5. The van der Waals surface area contributed by atoms with Crippen molar-refractivity contribution < 1.29 is 0 Å². The summed E-state index contributed by atoms with van der Waals surface area (Å²) in [6.45, 7) is 2.82. The van der Waals surface area contributed by atoms with Gasteiger partial charge in [-0.2, -0.15) is 0 Å². The van der Waals surface area contributed by atoms with Gasteiger partial charge in [0.1, 0.15) is 0 Å². The van der Waals surface area contributed by atoms with Crippen LogP contribution in [-0.2, 0) is 0 Å². The van der Waals surface area contributed by atoms with Gasteiger partial charge in [-0.05, 0) is 17.5 Å². The molecule has 140 valence electrons. The van der Waals surface area contributed by atoms with Crippen molar-refractivity contribution >= 4 is 36.5 Å². The van der Waals surface area contributed by atoms with Gasteiger partial charge < -0.3 is 11.1 Å². The fraction of sp³-hybridized carbons (Fsp3) is 0.200. The van der Waals surface area contributed by atoms with Crippen LogP contribution >= 0.6 is 12.4 Å². The van der Waals surface area contributed by atoms with Crippen molar-refractivity contribution in [3.8, 4) is 0 Å². The summed E-state index contributed by atoms with van der Waals surface area (Å²) < 4.78 is 0. The third-order valence-electron chi connectivity index (χ3n) is 3.16. The van der Waals surface area contributed by atoms with Crippen molar-refractivity contribution in [1.29, 1.82) is 10.8 Å². The van der Waals surface area contributed by atoms with Gasteiger partial charge in [-0.25, -0.2) is 0 Å². The van der Waals surface area contributed by atoms with E-state index in [1.54, 1.807) is 0 Å². The molecule has 0 aliphatic carbocycles. The van der Waals surface area contributed by atoms with Gasteiger partial charge in [-0.3, -0.25) is 16.1 Å². The molecule has 0 fully saturated rings. The normalized spacial score (nSPS) is 9.42. The molecule has 2 aromatic carbocycles. The van der Waals surface area contributed by atoms with E-state index in [1.807, 2.05) is 36.4 Å². The average Bonchev–Trinajstić information content (AvgIpc) is 2.62. The smallest absolute Gasteiger partial charge is 0.195 e. The van der Waals surface area contributed by atoms with Crippen molar-refractivity contribution in [3.05, 3.63) is 71.8 Å². The largest absolute Gasteiger partial charge is 0.370 e. The van der Waals surface area contributed by atoms with E-state index in [0.29, 0.717) is 0 Å². The van der Waals surface area contributed by atoms with Gasteiger partial charge in [0.15, 0.2) is 11.9 Å². The lowest BCUT2D eigenvalue weighted by atomic mass is 10.1. The zero-order chi connectivity index (χ0) is 18.3. The van der Waals surface area contributed by atoms with Crippen LogP contribution in [0.1, 0.15) is 30.9 Å². The van der Waals surface area contributed by atoms with Crippen LogP contribution in [0.3, 0.4) is 0 Å². The summed E-state index contributed by atoms with van der Waals surface area (Å²) in [7, 11) is 0. The highest BCUT2D eigenvalue weighted by atomic mass is 35.5. The minimum Gasteiger partial charge on any atom is -0.370 e. The van der Waals surface area contributed by atoms with Gasteiger partial charge in [-0.15, -0.1) is 12.4 Å². The SMILES string of the molecule is C(=Cc1ccccc1)c1ccccc1.CCCCNC(=N)NC(=N)N.Cl. The molecule has 0 heterocycles. The number of hydrogen-bond donors (Lipinski definition) is 5. The minimum absolute atomic E-state index is 0. The predicted octanol–water partition coefficient (Wildman–Crippen LogP) is 4.07. The molecule has 0 aromatic heterocycles. The highest BCUT2D eigenvalue weighted by Crippen LogP contribution is 2.06. The summed E-state index contributed by atoms with van der Waals surface area (Å²) in [5, 5.41) is 19.0. The second-order valence-corrected chi connectivity index (χ2v) is 5.35. The summed E-state index contributed by atoms with van der Waals surface area (Å²) in [5.74, 6) is -0.120. The number of halogens is 1. The summed E-state index contributed by atoms with van der Waals surface area (Å²) >= 11 is 0. The van der Waals surface area contributed by atoms with Crippen LogP contribution in [0.2, 0.25) is 0 Å². The maximum absolute atomic E-state index is 7.15. The number of nitrogens with one attached hydrogen (secondary N) is 4. The Hall–Kier alpha value is -2.79. The molecular formula is C20H28ClN5. The Balaban J connectivity index is 0.000000479. The van der Waals surface area contributed by atoms with E-state index < -0.39 is 0 Å². The monoisotopic (exact) mass is 373 g/mol. The second kappa shape index (κ2) is 14.5. The maximum Gasteiger partial charge on any atom is 0.195 e. The first-order chi connectivity index (χ1) is 12.1. The average molecular weight is 374 g/mol. The standard InChI is InChI=1S/C14H12.C6H15N5.ClH/c1-3-7-13(8-4-1)11-12-14-9-5-2-6-10-14;1-2-3-4-10-6(9)11-5(7)8;/h1-12H;2-4H2,1H3,(H6,7,8,9,10,11);1H. The van der Waals surface area contributed by atoms with Gasteiger partial charge in [-0.1, -0.05) is 86.2 Å². The molecule has 0 aliphatic heterocycles. The van der Waals surface area contributed by atoms with E-state index in [9.17, 15) is 0 Å². The summed E-state index contributed by atoms with van der Waals surface area (Å²) in [6.07, 6.45) is 6.34. The highest BCUT2D eigenvalue weighted by Gasteiger charge is 1.93. The number of nitrogens with two attached hydrogens (primary N) is 1. The lowest BCUT2D eigenvalue weighted by Gasteiger charge is -2.06. The van der Waals surface area contributed by atoms with Gasteiger partial charge in [0.05, 0.1) is 0 Å². The van der Waals surface area contributed by atoms with E-state index in [-0.39, 0.29) is 24.3 Å². The molecule has 0 saturated carbocycles. The third kappa shape index (κ3) is 11.7. The van der Waals surface area contributed by atoms with Crippen LogP contribution < -0.4 is 16.4 Å². The first-order valence-corrected chi connectivity index (χ1v) is 8.33. The van der Waals surface area contributed by atoms with Gasteiger partial charge in [0, 0.05) is 6.54 Å². The Morgan fingerprint density at radius 2 is 1.38 bits per heavy atom. The molecule has 0 aliphatic rings. The quantitative estimate of drug-likeness (QED) is 0.236. The number of guanidine groups is 2. The molecule has 2 aromatic rings.